The van der Waals surface area contributed by atoms with Gasteiger partial charge in [-0.25, -0.2) is 0 Å². The highest BCUT2D eigenvalue weighted by Crippen LogP contribution is 2.30. The first-order valence-electron chi connectivity index (χ1n) is 10.0. The van der Waals surface area contributed by atoms with Crippen molar-refractivity contribution in [2.75, 3.05) is 0 Å². The van der Waals surface area contributed by atoms with Gasteiger partial charge in [0.15, 0.2) is 5.11 Å². The molecule has 0 bridgehead atoms. The van der Waals surface area contributed by atoms with Crippen LogP contribution in [0.5, 0.6) is 0 Å². The molecule has 0 spiro atoms. The second-order valence-electron chi connectivity index (χ2n) is 8.25. The van der Waals surface area contributed by atoms with Crippen molar-refractivity contribution in [2.45, 2.75) is 26.2 Å². The van der Waals surface area contributed by atoms with E-state index in [4.69, 9.17) is 12.2 Å². The van der Waals surface area contributed by atoms with Gasteiger partial charge in [-0.3, -0.25) is 25.8 Å². The molecule has 5 nitrogen and oxygen atoms in total. The third-order valence-electron chi connectivity index (χ3n) is 4.81. The molecule has 0 aliphatic carbocycles. The molecule has 0 atom stereocenters. The second kappa shape index (κ2) is 10.1. The number of thiocarbonyl (C=S) groups is 1. The number of hydrogen-bond donors (Lipinski definition) is 3. The van der Waals surface area contributed by atoms with Crippen molar-refractivity contribution in [3.8, 4) is 11.1 Å². The molecule has 0 heterocycles. The van der Waals surface area contributed by atoms with Gasteiger partial charge < -0.3 is 0 Å². The predicted octanol–water partition coefficient (Wildman–Crippen LogP) is 5.36. The van der Waals surface area contributed by atoms with Crippen LogP contribution in [0.25, 0.3) is 11.1 Å². The topological polar surface area (TPSA) is 70.2 Å². The molecular weight excluding hydrogens is 486 g/mol. The maximum Gasteiger partial charge on any atom is 0.269 e. The lowest BCUT2D eigenvalue weighted by Crippen LogP contribution is -2.48. The smallest absolute Gasteiger partial charge is 0.269 e. The van der Waals surface area contributed by atoms with Crippen LogP contribution >= 0.6 is 28.1 Å². The molecule has 0 aromatic heterocycles. The van der Waals surface area contributed by atoms with E-state index in [0.717, 1.165) is 21.2 Å². The lowest BCUT2D eigenvalue weighted by atomic mass is 9.86. The number of carbonyl (C=O) groups excluding carboxylic acids is 2. The minimum atomic E-state index is -0.370. The van der Waals surface area contributed by atoms with Gasteiger partial charge in [0.2, 0.25) is 0 Å². The minimum absolute atomic E-state index is 0.000256. The largest absolute Gasteiger partial charge is 0.298 e. The molecule has 164 valence electrons. The molecule has 7 heteroatoms. The zero-order valence-corrected chi connectivity index (χ0v) is 20.4. The summed E-state index contributed by atoms with van der Waals surface area (Å²) >= 11 is 8.66. The zero-order valence-electron chi connectivity index (χ0n) is 18.0. The quantitative estimate of drug-likeness (QED) is 0.328. The summed E-state index contributed by atoms with van der Waals surface area (Å²) in [7, 11) is 0. The van der Waals surface area contributed by atoms with Crippen LogP contribution in [0.3, 0.4) is 0 Å². The van der Waals surface area contributed by atoms with Gasteiger partial charge in [-0.15, -0.1) is 0 Å². The summed E-state index contributed by atoms with van der Waals surface area (Å²) < 4.78 is 0.851. The highest BCUT2D eigenvalue weighted by molar-refractivity contribution is 9.10. The van der Waals surface area contributed by atoms with Gasteiger partial charge in [0, 0.05) is 15.6 Å². The fourth-order valence-electron chi connectivity index (χ4n) is 3.10. The van der Waals surface area contributed by atoms with E-state index < -0.39 is 0 Å². The maximum atomic E-state index is 12.5. The molecule has 0 aliphatic rings. The summed E-state index contributed by atoms with van der Waals surface area (Å²) in [4.78, 5) is 24.9. The lowest BCUT2D eigenvalue weighted by molar-refractivity contribution is 0.0934. The number of halogens is 1. The predicted molar refractivity (Wildman–Crippen MR) is 135 cm³/mol. The summed E-state index contributed by atoms with van der Waals surface area (Å²) in [5.41, 5.74) is 9.13. The van der Waals surface area contributed by atoms with Gasteiger partial charge in [0.1, 0.15) is 0 Å². The van der Waals surface area contributed by atoms with Crippen LogP contribution in [0.1, 0.15) is 47.1 Å². The van der Waals surface area contributed by atoms with Crippen LogP contribution in [0.2, 0.25) is 0 Å². The summed E-state index contributed by atoms with van der Waals surface area (Å²) in [6.45, 7) is 6.30. The number of hydrogen-bond acceptors (Lipinski definition) is 3. The number of carbonyl (C=O) groups is 2. The molecule has 0 fully saturated rings. The fourth-order valence-corrected chi connectivity index (χ4v) is 4.22. The number of amides is 2. The molecule has 0 saturated heterocycles. The Morgan fingerprint density at radius 3 is 1.97 bits per heavy atom. The molecule has 3 rings (SSSR count). The first kappa shape index (κ1) is 23.6. The SMILES string of the molecule is CC(C)(C)c1ccc(C(=O)NC(=S)NNC(=O)c2ccc(-c3ccccc3)cc2)cc1Br. The molecule has 0 saturated carbocycles. The van der Waals surface area contributed by atoms with E-state index in [1.807, 2.05) is 48.5 Å². The Morgan fingerprint density at radius 2 is 1.38 bits per heavy atom. The van der Waals surface area contributed by atoms with E-state index in [1.54, 1.807) is 24.3 Å². The summed E-state index contributed by atoms with van der Waals surface area (Å²) in [5, 5.41) is 2.57. The Bertz CT molecular complexity index is 1140. The van der Waals surface area contributed by atoms with Crippen molar-refractivity contribution < 1.29 is 9.59 Å². The maximum absolute atomic E-state index is 12.5. The molecule has 0 unspecified atom stereocenters. The highest BCUT2D eigenvalue weighted by Gasteiger charge is 2.18. The van der Waals surface area contributed by atoms with E-state index in [2.05, 4.69) is 52.9 Å². The van der Waals surface area contributed by atoms with E-state index in [1.165, 1.54) is 0 Å². The van der Waals surface area contributed by atoms with E-state index in [9.17, 15) is 9.59 Å². The van der Waals surface area contributed by atoms with Crippen molar-refractivity contribution in [1.82, 2.24) is 16.2 Å². The Labute approximate surface area is 201 Å². The summed E-state index contributed by atoms with van der Waals surface area (Å²) in [5.74, 6) is -0.733. The van der Waals surface area contributed by atoms with Gasteiger partial charge >= 0.3 is 0 Å². The van der Waals surface area contributed by atoms with Crippen LogP contribution in [-0.2, 0) is 5.41 Å². The first-order valence-corrected chi connectivity index (χ1v) is 11.2. The molecule has 32 heavy (non-hydrogen) atoms. The van der Waals surface area contributed by atoms with E-state index in [0.29, 0.717) is 11.1 Å². The van der Waals surface area contributed by atoms with Crippen molar-refractivity contribution in [2.24, 2.45) is 0 Å². The van der Waals surface area contributed by atoms with E-state index in [-0.39, 0.29) is 22.3 Å². The first-order chi connectivity index (χ1) is 15.1. The summed E-state index contributed by atoms with van der Waals surface area (Å²) in [6, 6.07) is 22.5. The second-order valence-corrected chi connectivity index (χ2v) is 9.51. The molecule has 0 radical (unpaired) electrons. The molecule has 2 amide bonds. The van der Waals surface area contributed by atoms with Gasteiger partial charge in [0.05, 0.1) is 0 Å². The van der Waals surface area contributed by atoms with Gasteiger partial charge in [-0.2, -0.15) is 0 Å². The Balaban J connectivity index is 1.55. The molecule has 3 N–H and O–H groups in total. The van der Waals surface area contributed by atoms with Crippen molar-refractivity contribution in [3.63, 3.8) is 0 Å². The van der Waals surface area contributed by atoms with Crippen molar-refractivity contribution >= 4 is 45.1 Å². The minimum Gasteiger partial charge on any atom is -0.298 e. The average Bonchev–Trinajstić information content (AvgIpc) is 2.77. The van der Waals surface area contributed by atoms with Gasteiger partial charge in [-0.1, -0.05) is 85.2 Å². The van der Waals surface area contributed by atoms with Crippen LogP contribution in [-0.4, -0.2) is 16.9 Å². The van der Waals surface area contributed by atoms with Crippen LogP contribution in [0.4, 0.5) is 0 Å². The Morgan fingerprint density at radius 1 is 0.781 bits per heavy atom. The van der Waals surface area contributed by atoms with Crippen LogP contribution < -0.4 is 16.2 Å². The molecule has 3 aromatic carbocycles. The van der Waals surface area contributed by atoms with E-state index >= 15 is 0 Å². The lowest BCUT2D eigenvalue weighted by Gasteiger charge is -2.21. The zero-order chi connectivity index (χ0) is 23.3. The molecule has 0 aliphatic heterocycles. The Kier molecular flexibility index (Phi) is 7.43. The standard InChI is InChI=1S/C25H24BrN3O2S/c1-25(2,3)20-14-13-19(15-21(20)26)22(30)27-24(32)29-28-23(31)18-11-9-17(10-12-18)16-7-5-4-6-8-16/h4-15H,1-3H3,(H,28,31)(H2,27,29,30,32). The number of benzene rings is 3. The fraction of sp³-hybridized carbons (Fsp3) is 0.160. The number of nitrogens with one attached hydrogen (secondary N) is 3. The van der Waals surface area contributed by atoms with Crippen molar-refractivity contribution in [1.29, 1.82) is 0 Å². The average molecular weight is 510 g/mol. The van der Waals surface area contributed by atoms with Crippen LogP contribution in [0.15, 0.2) is 77.3 Å². The normalized spacial score (nSPS) is 10.9. The Hall–Kier alpha value is -3.03. The van der Waals surface area contributed by atoms with Crippen molar-refractivity contribution in [3.05, 3.63) is 94.0 Å². The van der Waals surface area contributed by atoms with Gasteiger partial charge in [-0.05, 0) is 58.6 Å². The van der Waals surface area contributed by atoms with Crippen LogP contribution in [0, 0.1) is 0 Å². The number of hydrazine groups is 1. The highest BCUT2D eigenvalue weighted by atomic mass is 79.9. The monoisotopic (exact) mass is 509 g/mol. The molecular formula is C25H24BrN3O2S. The van der Waals surface area contributed by atoms with Gasteiger partial charge in [0.25, 0.3) is 11.8 Å². The summed E-state index contributed by atoms with van der Waals surface area (Å²) in [6.07, 6.45) is 0. The third-order valence-corrected chi connectivity index (χ3v) is 5.67. The molecule has 3 aromatic rings. The third kappa shape index (κ3) is 6.02. The number of rotatable bonds is 3.